The van der Waals surface area contributed by atoms with Crippen molar-refractivity contribution in [1.82, 2.24) is 0 Å². The SMILES string of the molecule is CCCCCCCC[C@H](N=[N+]=[N-])[C@@H](O)CCCCCCCC(=O)OC(COC(=O)CCCCCCC[C@H](O)[C@H](C[C@@H](O)[C@@H](CCCCC)N=[N+]=[N-])N=[N+]=[N-])COC(=O)CCCCCCC[C@H](O)[C@H](C[C@@H](O)[C@@H](CCCCC)N=[N+]=[N-])N=[N+]=[N-]. The zero-order chi connectivity index (χ0) is 61.6. The van der Waals surface area contributed by atoms with Crippen molar-refractivity contribution in [2.75, 3.05) is 13.2 Å². The topological polar surface area (TPSA) is 424 Å². The number of aliphatic hydroxyl groups excluding tert-OH is 5. The van der Waals surface area contributed by atoms with Gasteiger partial charge in [-0.25, -0.2) is 0 Å². The number of azide groups is 5. The van der Waals surface area contributed by atoms with Gasteiger partial charge in [0.2, 0.25) is 0 Å². The van der Waals surface area contributed by atoms with E-state index in [1.807, 2.05) is 13.8 Å². The van der Waals surface area contributed by atoms with Crippen molar-refractivity contribution in [2.45, 2.75) is 332 Å². The van der Waals surface area contributed by atoms with E-state index in [1.54, 1.807) is 0 Å². The van der Waals surface area contributed by atoms with Gasteiger partial charge >= 0.3 is 17.9 Å². The van der Waals surface area contributed by atoms with Crippen molar-refractivity contribution in [2.24, 2.45) is 25.6 Å². The van der Waals surface area contributed by atoms with Crippen molar-refractivity contribution in [3.8, 4) is 0 Å². The van der Waals surface area contributed by atoms with E-state index in [0.717, 1.165) is 109 Å². The Morgan fingerprint density at radius 1 is 0.337 bits per heavy atom. The number of unbranched alkanes of at least 4 members (excludes halogenated alkanes) is 21. The van der Waals surface area contributed by atoms with Crippen LogP contribution in [0.5, 0.6) is 0 Å². The van der Waals surface area contributed by atoms with Crippen LogP contribution in [-0.4, -0.2) is 123 Å². The molecular formula is C57H105N15O11. The number of ether oxygens (including phenoxy) is 3. The van der Waals surface area contributed by atoms with Gasteiger partial charge in [0, 0.05) is 43.8 Å². The van der Waals surface area contributed by atoms with Gasteiger partial charge < -0.3 is 39.7 Å². The Morgan fingerprint density at radius 2 is 0.590 bits per heavy atom. The van der Waals surface area contributed by atoms with E-state index in [-0.39, 0.29) is 45.3 Å². The van der Waals surface area contributed by atoms with Crippen molar-refractivity contribution in [1.29, 1.82) is 0 Å². The molecule has 0 aromatic carbocycles. The molecular weight excluding hydrogens is 1070 g/mol. The zero-order valence-electron chi connectivity index (χ0n) is 50.5. The minimum atomic E-state index is -1.07. The molecule has 0 saturated carbocycles. The third kappa shape index (κ3) is 43.1. The number of hydrogen-bond acceptors (Lipinski definition) is 16. The monoisotopic (exact) mass is 1180 g/mol. The third-order valence-corrected chi connectivity index (χ3v) is 15.0. The first-order valence-corrected chi connectivity index (χ1v) is 31.4. The maximum absolute atomic E-state index is 13.0. The predicted octanol–water partition coefficient (Wildman–Crippen LogP) is 15.1. The second kappa shape index (κ2) is 54.7. The van der Waals surface area contributed by atoms with Crippen molar-refractivity contribution < 1.29 is 54.1 Å². The molecule has 0 aliphatic rings. The summed E-state index contributed by atoms with van der Waals surface area (Å²) < 4.78 is 16.6. The van der Waals surface area contributed by atoms with Gasteiger partial charge in [0.1, 0.15) is 13.2 Å². The Morgan fingerprint density at radius 3 is 0.940 bits per heavy atom. The number of hydrogen-bond donors (Lipinski definition) is 5. The second-order valence-corrected chi connectivity index (χ2v) is 22.1. The molecule has 0 fully saturated rings. The quantitative estimate of drug-likeness (QED) is 0.00951. The number of nitrogens with zero attached hydrogens (tertiary/aromatic N) is 15. The second-order valence-electron chi connectivity index (χ2n) is 22.1. The molecule has 26 nitrogen and oxygen atoms in total. The molecule has 5 N–H and O–H groups in total. The fourth-order valence-electron chi connectivity index (χ4n) is 9.94. The highest BCUT2D eigenvalue weighted by molar-refractivity contribution is 5.71. The molecule has 0 aliphatic carbocycles. The molecule has 0 bridgehead atoms. The molecule has 10 atom stereocenters. The molecule has 0 saturated heterocycles. The molecule has 0 amide bonds. The van der Waals surface area contributed by atoms with Crippen molar-refractivity contribution in [3.05, 3.63) is 52.2 Å². The van der Waals surface area contributed by atoms with Crippen LogP contribution >= 0.6 is 0 Å². The average molecular weight is 1180 g/mol. The maximum Gasteiger partial charge on any atom is 0.306 e. The summed E-state index contributed by atoms with van der Waals surface area (Å²) in [5.74, 6) is -1.54. The van der Waals surface area contributed by atoms with Crippen molar-refractivity contribution >= 4 is 17.9 Å². The van der Waals surface area contributed by atoms with E-state index in [2.05, 4.69) is 57.1 Å². The minimum absolute atomic E-state index is 0.0400. The van der Waals surface area contributed by atoms with Crippen LogP contribution in [0.15, 0.2) is 25.6 Å². The summed E-state index contributed by atoms with van der Waals surface area (Å²) in [4.78, 5) is 53.0. The number of carbonyl (C=O) groups is 3. The summed E-state index contributed by atoms with van der Waals surface area (Å²) in [6.45, 7) is 5.62. The van der Waals surface area contributed by atoms with Gasteiger partial charge in [0.15, 0.2) is 6.10 Å². The van der Waals surface area contributed by atoms with Gasteiger partial charge in [0.05, 0.1) is 60.7 Å². The fourth-order valence-corrected chi connectivity index (χ4v) is 9.94. The van der Waals surface area contributed by atoms with E-state index >= 15 is 0 Å². The molecule has 0 rings (SSSR count). The summed E-state index contributed by atoms with van der Waals surface area (Å²) >= 11 is 0. The highest BCUT2D eigenvalue weighted by atomic mass is 16.6. The van der Waals surface area contributed by atoms with Crippen molar-refractivity contribution in [3.63, 3.8) is 0 Å². The van der Waals surface area contributed by atoms with Crippen LogP contribution in [0.25, 0.3) is 52.2 Å². The third-order valence-electron chi connectivity index (χ3n) is 15.0. The zero-order valence-corrected chi connectivity index (χ0v) is 50.5. The molecule has 0 heterocycles. The smallest absolute Gasteiger partial charge is 0.306 e. The van der Waals surface area contributed by atoms with Gasteiger partial charge in [-0.3, -0.25) is 14.4 Å². The van der Waals surface area contributed by atoms with E-state index < -0.39 is 84.7 Å². The molecule has 0 aliphatic heterocycles. The van der Waals surface area contributed by atoms with E-state index in [0.29, 0.717) is 83.5 Å². The molecule has 26 heteroatoms. The van der Waals surface area contributed by atoms with Crippen LogP contribution in [0, 0.1) is 0 Å². The standard InChI is InChI=1S/C57H105N15O11/c1-4-7-10-11-15-24-33-45(63-68-58)50(73)34-25-16-14-21-30-39-57(80)83-44(42-81-55(78)37-28-19-12-17-26-35-51(74)48(66-71-61)40-53(76)46(64-69-59)31-22-8-5-2)43-82-56(79)38-29-20-13-18-27-36-52(75)49(67-72-62)41-54(77)47(65-70-60)32-23-9-6-3/h44-54,73-77H,4-43H2,1-3H3/t45-,46+,47+,48-,49-,50-,51-,52-,53+,54+/m0/s1. The Kier molecular flexibility index (Phi) is 51.2. The lowest BCUT2D eigenvalue weighted by Crippen LogP contribution is -2.33. The lowest BCUT2D eigenvalue weighted by atomic mass is 9.94. The molecule has 0 aromatic rings. The largest absolute Gasteiger partial charge is 0.462 e. The van der Waals surface area contributed by atoms with Crippen LogP contribution in [0.1, 0.15) is 265 Å². The van der Waals surface area contributed by atoms with Crippen LogP contribution in [0.2, 0.25) is 0 Å². The summed E-state index contributed by atoms with van der Waals surface area (Å²) in [6, 6.07) is -3.60. The summed E-state index contributed by atoms with van der Waals surface area (Å²) in [5, 5.41) is 72.5. The number of rotatable bonds is 58. The summed E-state index contributed by atoms with van der Waals surface area (Å²) in [5.41, 5.74) is 45.2. The van der Waals surface area contributed by atoms with Gasteiger partial charge in [-0.15, -0.1) is 0 Å². The first kappa shape index (κ1) is 77.8. The molecule has 474 valence electrons. The first-order chi connectivity index (χ1) is 40.2. The van der Waals surface area contributed by atoms with Gasteiger partial charge in [-0.2, -0.15) is 0 Å². The molecule has 83 heavy (non-hydrogen) atoms. The highest BCUT2D eigenvalue weighted by Gasteiger charge is 2.28. The normalized spacial score (nSPS) is 15.1. The van der Waals surface area contributed by atoms with Crippen LogP contribution < -0.4 is 0 Å². The summed E-state index contributed by atoms with van der Waals surface area (Å²) in [6.07, 6.45) is 19.3. The fraction of sp³-hybridized carbons (Fsp3) is 0.947. The van der Waals surface area contributed by atoms with Gasteiger partial charge in [0.25, 0.3) is 0 Å². The Hall–Kier alpha value is -5.24. The Balaban J connectivity index is 5.17. The summed E-state index contributed by atoms with van der Waals surface area (Å²) in [7, 11) is 0. The highest BCUT2D eigenvalue weighted by Crippen LogP contribution is 2.24. The van der Waals surface area contributed by atoms with E-state index in [9.17, 15) is 39.9 Å². The van der Waals surface area contributed by atoms with Crippen LogP contribution in [0.3, 0.4) is 0 Å². The Bertz CT molecular complexity index is 1830. The molecule has 0 aromatic heterocycles. The number of esters is 3. The Labute approximate surface area is 493 Å². The molecule has 0 radical (unpaired) electrons. The van der Waals surface area contributed by atoms with Gasteiger partial charge in [-0.1, -0.05) is 200 Å². The van der Waals surface area contributed by atoms with Gasteiger partial charge in [-0.05, 0) is 98.3 Å². The number of aliphatic hydroxyl groups is 5. The van der Waals surface area contributed by atoms with E-state index in [1.165, 1.54) is 19.3 Å². The van der Waals surface area contributed by atoms with E-state index in [4.69, 9.17) is 41.9 Å². The van der Waals surface area contributed by atoms with Crippen LogP contribution in [0.4, 0.5) is 0 Å². The maximum atomic E-state index is 13.0. The lowest BCUT2D eigenvalue weighted by molar-refractivity contribution is -0.167. The minimum Gasteiger partial charge on any atom is -0.462 e. The van der Waals surface area contributed by atoms with Crippen LogP contribution in [-0.2, 0) is 28.6 Å². The number of carbonyl (C=O) groups excluding carboxylic acids is 3. The molecule has 0 unspecified atom stereocenters. The first-order valence-electron chi connectivity index (χ1n) is 31.4. The molecule has 0 spiro atoms. The average Bonchev–Trinajstić information content (AvgIpc) is 3.50. The lowest BCUT2D eigenvalue weighted by Gasteiger charge is -2.24. The predicted molar refractivity (Wildman–Crippen MR) is 319 cm³/mol.